The molecule has 17 heavy (non-hydrogen) atoms. The molecule has 1 aliphatic heterocycles. The molecule has 0 aromatic rings. The van der Waals surface area contributed by atoms with Crippen molar-refractivity contribution in [3.05, 3.63) is 0 Å². The van der Waals surface area contributed by atoms with Gasteiger partial charge in [-0.2, -0.15) is 5.06 Å². The van der Waals surface area contributed by atoms with Crippen LogP contribution in [0.1, 0.15) is 6.42 Å². The summed E-state index contributed by atoms with van der Waals surface area (Å²) in [4.78, 5) is 39.3. The van der Waals surface area contributed by atoms with Crippen LogP contribution >= 0.6 is 0 Å². The van der Waals surface area contributed by atoms with Crippen molar-refractivity contribution in [3.63, 3.8) is 0 Å². The van der Waals surface area contributed by atoms with Crippen LogP contribution in [0.5, 0.6) is 0 Å². The lowest BCUT2D eigenvalue weighted by Gasteiger charge is -2.22. The van der Waals surface area contributed by atoms with E-state index in [1.165, 1.54) is 0 Å². The molecule has 1 aliphatic rings. The summed E-state index contributed by atoms with van der Waals surface area (Å²) < 4.78 is 13.4. The number of esters is 2. The maximum Gasteiger partial charge on any atom is 0.433 e. The van der Waals surface area contributed by atoms with Gasteiger partial charge in [0.15, 0.2) is 0 Å². The van der Waals surface area contributed by atoms with E-state index in [2.05, 4.69) is 14.2 Å². The van der Waals surface area contributed by atoms with Crippen molar-refractivity contribution in [1.82, 2.24) is 5.06 Å². The topological polar surface area (TPSA) is 91.4 Å². The van der Waals surface area contributed by atoms with E-state index in [4.69, 9.17) is 4.84 Å². The zero-order valence-electron chi connectivity index (χ0n) is 9.72. The summed E-state index contributed by atoms with van der Waals surface area (Å²) in [5, 5.41) is 0.772. The van der Waals surface area contributed by atoms with E-state index in [1.807, 2.05) is 0 Å². The first-order valence-corrected chi connectivity index (χ1v) is 4.73. The lowest BCUT2D eigenvalue weighted by Crippen LogP contribution is -2.49. The fourth-order valence-corrected chi connectivity index (χ4v) is 1.46. The van der Waals surface area contributed by atoms with Gasteiger partial charge in [-0.15, -0.1) is 0 Å². The molecule has 8 heteroatoms. The molecule has 96 valence electrons. The average molecular weight is 247 g/mol. The Kier molecular flexibility index (Phi) is 3.89. The van der Waals surface area contributed by atoms with E-state index < -0.39 is 23.6 Å². The highest BCUT2D eigenvalue weighted by Gasteiger charge is 2.57. The SMILES string of the molecule is COC(=O)N1CCC(C(=O)OC)(C(=O)OC)O1. The number of ether oxygens (including phenoxy) is 3. The first-order chi connectivity index (χ1) is 8.01. The molecule has 0 aliphatic carbocycles. The van der Waals surface area contributed by atoms with E-state index in [9.17, 15) is 14.4 Å². The molecule has 0 atom stereocenters. The van der Waals surface area contributed by atoms with Crippen LogP contribution in [-0.4, -0.2) is 56.6 Å². The Morgan fingerprint density at radius 3 is 2.00 bits per heavy atom. The molecule has 0 spiro atoms. The minimum Gasteiger partial charge on any atom is -0.466 e. The Morgan fingerprint density at radius 1 is 1.06 bits per heavy atom. The van der Waals surface area contributed by atoms with Gasteiger partial charge in [-0.05, 0) is 0 Å². The first kappa shape index (κ1) is 13.2. The van der Waals surface area contributed by atoms with Crippen molar-refractivity contribution >= 4 is 18.0 Å². The smallest absolute Gasteiger partial charge is 0.433 e. The van der Waals surface area contributed by atoms with Crippen molar-refractivity contribution < 1.29 is 33.4 Å². The molecule has 1 fully saturated rings. The zero-order chi connectivity index (χ0) is 13.1. The third-order valence-corrected chi connectivity index (χ3v) is 2.34. The molecular weight excluding hydrogens is 234 g/mol. The van der Waals surface area contributed by atoms with Gasteiger partial charge in [0.05, 0.1) is 27.9 Å². The minimum atomic E-state index is -1.93. The second kappa shape index (κ2) is 5.00. The molecular formula is C9H13NO7. The maximum atomic E-state index is 11.6. The highest BCUT2D eigenvalue weighted by atomic mass is 16.8. The van der Waals surface area contributed by atoms with Crippen molar-refractivity contribution in [3.8, 4) is 0 Å². The molecule has 0 aromatic heterocycles. The number of hydroxylamine groups is 2. The number of rotatable bonds is 2. The summed E-state index contributed by atoms with van der Waals surface area (Å²) >= 11 is 0. The van der Waals surface area contributed by atoms with E-state index in [-0.39, 0.29) is 13.0 Å². The van der Waals surface area contributed by atoms with Gasteiger partial charge in [0, 0.05) is 6.42 Å². The predicted molar refractivity (Wildman–Crippen MR) is 51.6 cm³/mol. The summed E-state index contributed by atoms with van der Waals surface area (Å²) in [5.41, 5.74) is -1.93. The Balaban J connectivity index is 2.93. The highest BCUT2D eigenvalue weighted by Crippen LogP contribution is 2.29. The summed E-state index contributed by atoms with van der Waals surface area (Å²) in [7, 11) is 3.37. The van der Waals surface area contributed by atoms with Gasteiger partial charge in [0.25, 0.3) is 5.60 Å². The number of methoxy groups -OCH3 is 3. The molecule has 1 rings (SSSR count). The van der Waals surface area contributed by atoms with Crippen molar-refractivity contribution in [2.45, 2.75) is 12.0 Å². The summed E-state index contributed by atoms with van der Waals surface area (Å²) in [6, 6.07) is 0. The molecule has 0 unspecified atom stereocenters. The second-order valence-corrected chi connectivity index (χ2v) is 3.22. The van der Waals surface area contributed by atoms with Crippen molar-refractivity contribution in [2.24, 2.45) is 0 Å². The van der Waals surface area contributed by atoms with Gasteiger partial charge < -0.3 is 14.2 Å². The monoisotopic (exact) mass is 247 g/mol. The Hall–Kier alpha value is -1.83. The molecule has 0 radical (unpaired) electrons. The molecule has 0 aromatic carbocycles. The predicted octanol–water partition coefficient (Wildman–Crippen LogP) is -0.525. The fraction of sp³-hybridized carbons (Fsp3) is 0.667. The quantitative estimate of drug-likeness (QED) is 0.368. The third-order valence-electron chi connectivity index (χ3n) is 2.34. The number of amides is 1. The summed E-state index contributed by atoms with van der Waals surface area (Å²) in [6.07, 6.45) is -0.860. The van der Waals surface area contributed by atoms with Crippen molar-refractivity contribution in [2.75, 3.05) is 27.9 Å². The summed E-state index contributed by atoms with van der Waals surface area (Å²) in [5.74, 6) is -1.84. The van der Waals surface area contributed by atoms with Crippen LogP contribution in [-0.2, 0) is 28.6 Å². The third kappa shape index (κ3) is 2.16. The standard InChI is InChI=1S/C9H13NO7/c1-14-6(11)9(7(12)15-2)4-5-10(17-9)8(13)16-3/h4-5H2,1-3H3. The zero-order valence-corrected chi connectivity index (χ0v) is 9.72. The van der Waals surface area contributed by atoms with Crippen LogP contribution in [0.25, 0.3) is 0 Å². The minimum absolute atomic E-state index is 0.0247. The highest BCUT2D eigenvalue weighted by molar-refractivity contribution is 6.04. The van der Waals surface area contributed by atoms with Gasteiger partial charge in [-0.1, -0.05) is 0 Å². The van der Waals surface area contributed by atoms with Gasteiger partial charge >= 0.3 is 18.0 Å². The largest absolute Gasteiger partial charge is 0.466 e. The van der Waals surface area contributed by atoms with Gasteiger partial charge in [0.2, 0.25) is 0 Å². The lowest BCUT2D eigenvalue weighted by molar-refractivity contribution is -0.212. The Bertz CT molecular complexity index is 324. The molecule has 1 amide bonds. The average Bonchev–Trinajstić information content (AvgIpc) is 2.82. The van der Waals surface area contributed by atoms with Gasteiger partial charge in [0.1, 0.15) is 0 Å². The van der Waals surface area contributed by atoms with Crippen LogP contribution in [0, 0.1) is 0 Å². The van der Waals surface area contributed by atoms with E-state index in [0.29, 0.717) is 0 Å². The second-order valence-electron chi connectivity index (χ2n) is 3.22. The van der Waals surface area contributed by atoms with Gasteiger partial charge in [-0.25, -0.2) is 19.2 Å². The molecule has 1 heterocycles. The number of hydrogen-bond acceptors (Lipinski definition) is 7. The molecule has 0 N–H and O–H groups in total. The first-order valence-electron chi connectivity index (χ1n) is 4.73. The fourth-order valence-electron chi connectivity index (χ4n) is 1.46. The van der Waals surface area contributed by atoms with Crippen LogP contribution < -0.4 is 0 Å². The summed E-state index contributed by atoms with van der Waals surface area (Å²) in [6.45, 7) is 0.0247. The number of carbonyl (C=O) groups is 3. The molecule has 1 saturated heterocycles. The number of nitrogens with zero attached hydrogens (tertiary/aromatic N) is 1. The molecule has 8 nitrogen and oxygen atoms in total. The normalized spacial score (nSPS) is 17.5. The van der Waals surface area contributed by atoms with E-state index >= 15 is 0 Å². The van der Waals surface area contributed by atoms with Crippen LogP contribution in [0.15, 0.2) is 0 Å². The maximum absolute atomic E-state index is 11.6. The van der Waals surface area contributed by atoms with E-state index in [1.54, 1.807) is 0 Å². The van der Waals surface area contributed by atoms with Crippen molar-refractivity contribution in [1.29, 1.82) is 0 Å². The number of carbonyl (C=O) groups excluding carboxylic acids is 3. The molecule has 0 saturated carbocycles. The van der Waals surface area contributed by atoms with Crippen LogP contribution in [0.3, 0.4) is 0 Å². The van der Waals surface area contributed by atoms with Crippen LogP contribution in [0.2, 0.25) is 0 Å². The van der Waals surface area contributed by atoms with Gasteiger partial charge in [-0.3, -0.25) is 0 Å². The number of hydrogen-bond donors (Lipinski definition) is 0. The Morgan fingerprint density at radius 2 is 1.59 bits per heavy atom. The van der Waals surface area contributed by atoms with Crippen LogP contribution in [0.4, 0.5) is 4.79 Å². The Labute approximate surface area is 97.3 Å². The van der Waals surface area contributed by atoms with E-state index in [0.717, 1.165) is 26.4 Å². The molecule has 0 bridgehead atoms. The lowest BCUT2D eigenvalue weighted by atomic mass is 10.0.